The van der Waals surface area contributed by atoms with Crippen LogP contribution in [0, 0.1) is 0 Å². The highest BCUT2D eigenvalue weighted by Gasteiger charge is 2.11. The summed E-state index contributed by atoms with van der Waals surface area (Å²) in [6.07, 6.45) is 0. The number of rotatable bonds is 7. The molecular formula is C20H17N3O5S. The molecule has 0 fully saturated rings. The van der Waals surface area contributed by atoms with Crippen molar-refractivity contribution in [3.63, 3.8) is 0 Å². The van der Waals surface area contributed by atoms with Crippen molar-refractivity contribution in [3.05, 3.63) is 58.4 Å². The van der Waals surface area contributed by atoms with Gasteiger partial charge in [-0.2, -0.15) is 0 Å². The predicted octanol–water partition coefficient (Wildman–Crippen LogP) is 3.66. The molecule has 0 atom stereocenters. The van der Waals surface area contributed by atoms with Gasteiger partial charge < -0.3 is 13.9 Å². The zero-order valence-corrected chi connectivity index (χ0v) is 16.2. The average Bonchev–Trinajstić information content (AvgIpc) is 3.32. The number of hydrogen-bond donors (Lipinski definition) is 2. The van der Waals surface area contributed by atoms with Gasteiger partial charge in [-0.05, 0) is 43.3 Å². The monoisotopic (exact) mass is 411 g/mol. The molecule has 2 aromatic carbocycles. The van der Waals surface area contributed by atoms with Gasteiger partial charge in [-0.25, -0.2) is 9.78 Å². The van der Waals surface area contributed by atoms with E-state index in [0.29, 0.717) is 34.3 Å². The minimum absolute atomic E-state index is 0.136. The van der Waals surface area contributed by atoms with E-state index in [1.54, 1.807) is 36.4 Å². The number of aromatic amines is 1. The molecule has 0 bridgehead atoms. The van der Waals surface area contributed by atoms with Gasteiger partial charge in [0.1, 0.15) is 11.5 Å². The Balaban J connectivity index is 1.36. The third kappa shape index (κ3) is 4.46. The van der Waals surface area contributed by atoms with Crippen molar-refractivity contribution in [2.45, 2.75) is 6.92 Å². The van der Waals surface area contributed by atoms with Crippen molar-refractivity contribution in [3.8, 4) is 22.8 Å². The summed E-state index contributed by atoms with van der Waals surface area (Å²) in [6.45, 7) is 2.37. The van der Waals surface area contributed by atoms with E-state index in [1.165, 1.54) is 11.3 Å². The Labute approximate surface area is 169 Å². The molecular weight excluding hydrogens is 394 g/mol. The van der Waals surface area contributed by atoms with E-state index in [0.717, 1.165) is 11.3 Å². The van der Waals surface area contributed by atoms with Crippen molar-refractivity contribution in [2.24, 2.45) is 0 Å². The maximum atomic E-state index is 12.1. The average molecular weight is 411 g/mol. The van der Waals surface area contributed by atoms with Crippen LogP contribution in [-0.4, -0.2) is 29.1 Å². The van der Waals surface area contributed by atoms with Crippen LogP contribution in [0.25, 0.3) is 22.4 Å². The molecule has 1 amide bonds. The topological polar surface area (TPSA) is 106 Å². The third-order valence-corrected chi connectivity index (χ3v) is 4.73. The highest BCUT2D eigenvalue weighted by Crippen LogP contribution is 2.27. The van der Waals surface area contributed by atoms with Crippen LogP contribution in [0.5, 0.6) is 11.5 Å². The van der Waals surface area contributed by atoms with E-state index >= 15 is 0 Å². The van der Waals surface area contributed by atoms with Gasteiger partial charge in [0.05, 0.1) is 17.8 Å². The lowest BCUT2D eigenvalue weighted by Crippen LogP contribution is -2.20. The van der Waals surface area contributed by atoms with Crippen LogP contribution >= 0.6 is 11.3 Å². The number of nitrogens with zero attached hydrogens (tertiary/aromatic N) is 1. The standard InChI is InChI=1S/C20H17N3O5S/c1-2-26-13-4-6-14(7-5-13)27-10-18(24)23-19-21-16(11-29-19)12-3-8-15-17(9-12)28-20(25)22-15/h3-9,11H,2,10H2,1H3,(H,22,25)(H,21,23,24). The van der Waals surface area contributed by atoms with Gasteiger partial charge in [0.25, 0.3) is 5.91 Å². The number of aromatic nitrogens is 2. The summed E-state index contributed by atoms with van der Waals surface area (Å²) in [5, 5.41) is 4.98. The number of anilines is 1. The largest absolute Gasteiger partial charge is 0.494 e. The van der Waals surface area contributed by atoms with Gasteiger partial charge >= 0.3 is 5.76 Å². The molecule has 0 aliphatic carbocycles. The third-order valence-electron chi connectivity index (χ3n) is 3.97. The zero-order valence-electron chi connectivity index (χ0n) is 15.4. The van der Waals surface area contributed by atoms with Crippen LogP contribution in [0.15, 0.2) is 57.1 Å². The van der Waals surface area contributed by atoms with E-state index in [9.17, 15) is 9.59 Å². The minimum Gasteiger partial charge on any atom is -0.494 e. The SMILES string of the molecule is CCOc1ccc(OCC(=O)Nc2nc(-c3ccc4[nH]c(=O)oc4c3)cs2)cc1. The first-order valence-electron chi connectivity index (χ1n) is 8.85. The Morgan fingerprint density at radius 1 is 1.17 bits per heavy atom. The number of ether oxygens (including phenoxy) is 2. The number of hydrogen-bond acceptors (Lipinski definition) is 7. The number of thiazole rings is 1. The lowest BCUT2D eigenvalue weighted by atomic mass is 10.1. The van der Waals surface area contributed by atoms with Crippen molar-refractivity contribution < 1.29 is 18.7 Å². The predicted molar refractivity (Wildman–Crippen MR) is 110 cm³/mol. The summed E-state index contributed by atoms with van der Waals surface area (Å²) in [5.41, 5.74) is 2.52. The quantitative estimate of drug-likeness (QED) is 0.481. The summed E-state index contributed by atoms with van der Waals surface area (Å²) in [5.74, 6) is 0.504. The van der Waals surface area contributed by atoms with Crippen molar-refractivity contribution in [1.29, 1.82) is 0 Å². The summed E-state index contributed by atoms with van der Waals surface area (Å²) >= 11 is 1.30. The Bertz CT molecular complexity index is 1190. The van der Waals surface area contributed by atoms with E-state index in [2.05, 4.69) is 15.3 Å². The second-order valence-corrected chi connectivity index (χ2v) is 6.86. The molecule has 0 saturated carbocycles. The molecule has 0 aliphatic heterocycles. The number of benzene rings is 2. The molecule has 0 saturated heterocycles. The summed E-state index contributed by atoms with van der Waals surface area (Å²) < 4.78 is 15.9. The smallest absolute Gasteiger partial charge is 0.417 e. The lowest BCUT2D eigenvalue weighted by molar-refractivity contribution is -0.118. The molecule has 0 aliphatic rings. The Hall–Kier alpha value is -3.59. The summed E-state index contributed by atoms with van der Waals surface area (Å²) in [7, 11) is 0. The molecule has 2 aromatic heterocycles. The highest BCUT2D eigenvalue weighted by molar-refractivity contribution is 7.14. The molecule has 0 radical (unpaired) electrons. The van der Waals surface area contributed by atoms with E-state index in [1.807, 2.05) is 18.4 Å². The summed E-state index contributed by atoms with van der Waals surface area (Å²) in [4.78, 5) is 30.4. The first-order valence-corrected chi connectivity index (χ1v) is 9.73. The Kier molecular flexibility index (Phi) is 5.30. The molecule has 2 heterocycles. The number of fused-ring (bicyclic) bond motifs is 1. The molecule has 2 N–H and O–H groups in total. The van der Waals surface area contributed by atoms with Gasteiger partial charge in [0.2, 0.25) is 0 Å². The number of carbonyl (C=O) groups is 1. The Morgan fingerprint density at radius 3 is 2.69 bits per heavy atom. The number of amides is 1. The van der Waals surface area contributed by atoms with E-state index < -0.39 is 5.76 Å². The minimum atomic E-state index is -0.504. The van der Waals surface area contributed by atoms with Crippen molar-refractivity contribution >= 4 is 33.5 Å². The molecule has 4 rings (SSSR count). The normalized spacial score (nSPS) is 10.8. The van der Waals surface area contributed by atoms with Crippen molar-refractivity contribution in [1.82, 2.24) is 9.97 Å². The number of nitrogens with one attached hydrogen (secondary N) is 2. The summed E-state index contributed by atoms with van der Waals surface area (Å²) in [6, 6.07) is 12.4. The molecule has 29 heavy (non-hydrogen) atoms. The van der Waals surface area contributed by atoms with Crippen LogP contribution in [0.3, 0.4) is 0 Å². The van der Waals surface area contributed by atoms with Crippen molar-refractivity contribution in [2.75, 3.05) is 18.5 Å². The van der Waals surface area contributed by atoms with Gasteiger partial charge in [0, 0.05) is 10.9 Å². The molecule has 0 spiro atoms. The fraction of sp³-hybridized carbons (Fsp3) is 0.150. The molecule has 4 aromatic rings. The number of oxazole rings is 1. The van der Waals surface area contributed by atoms with Gasteiger partial charge in [-0.3, -0.25) is 15.1 Å². The molecule has 148 valence electrons. The van der Waals surface area contributed by atoms with Crippen LogP contribution in [0.1, 0.15) is 6.92 Å². The van der Waals surface area contributed by atoms with Gasteiger partial charge in [-0.1, -0.05) is 6.07 Å². The van der Waals surface area contributed by atoms with E-state index in [4.69, 9.17) is 13.9 Å². The van der Waals surface area contributed by atoms with Gasteiger partial charge in [0.15, 0.2) is 17.3 Å². The molecule has 0 unspecified atom stereocenters. The van der Waals surface area contributed by atoms with Crippen LogP contribution in [0.4, 0.5) is 5.13 Å². The highest BCUT2D eigenvalue weighted by atomic mass is 32.1. The van der Waals surface area contributed by atoms with Crippen LogP contribution < -0.4 is 20.5 Å². The van der Waals surface area contributed by atoms with E-state index in [-0.39, 0.29) is 12.5 Å². The second-order valence-electron chi connectivity index (χ2n) is 6.00. The maximum Gasteiger partial charge on any atom is 0.417 e. The fourth-order valence-corrected chi connectivity index (χ4v) is 3.41. The molecule has 8 nitrogen and oxygen atoms in total. The first-order chi connectivity index (χ1) is 14.1. The Morgan fingerprint density at radius 2 is 1.93 bits per heavy atom. The second kappa shape index (κ2) is 8.19. The van der Waals surface area contributed by atoms with Gasteiger partial charge in [-0.15, -0.1) is 11.3 Å². The maximum absolute atomic E-state index is 12.1. The first kappa shape index (κ1) is 18.8. The number of H-pyrrole nitrogens is 1. The van der Waals surface area contributed by atoms with Crippen LogP contribution in [0.2, 0.25) is 0 Å². The molecule has 9 heteroatoms. The van der Waals surface area contributed by atoms with Crippen LogP contribution in [-0.2, 0) is 4.79 Å². The lowest BCUT2D eigenvalue weighted by Gasteiger charge is -2.07. The zero-order chi connectivity index (χ0) is 20.2. The fourth-order valence-electron chi connectivity index (χ4n) is 2.67. The number of carbonyl (C=O) groups excluding carboxylic acids is 1.